The van der Waals surface area contributed by atoms with Gasteiger partial charge in [-0.2, -0.15) is 11.8 Å². The lowest BCUT2D eigenvalue weighted by molar-refractivity contribution is 0.621. The quantitative estimate of drug-likeness (QED) is 0.640. The van der Waals surface area contributed by atoms with Crippen LogP contribution in [0.2, 0.25) is 0 Å². The molecule has 0 radical (unpaired) electrons. The number of anilines is 1. The Balaban J connectivity index is 2.36. The first-order chi connectivity index (χ1) is 8.11. The lowest BCUT2D eigenvalue weighted by atomic mass is 10.1. The zero-order valence-electron chi connectivity index (χ0n) is 9.74. The zero-order chi connectivity index (χ0) is 12.4. The van der Waals surface area contributed by atoms with Crippen LogP contribution in [0, 0.1) is 11.2 Å². The van der Waals surface area contributed by atoms with Gasteiger partial charge in [0.1, 0.15) is 11.7 Å². The second-order valence-electron chi connectivity index (χ2n) is 4.18. The molecule has 0 spiro atoms. The van der Waals surface area contributed by atoms with Crippen molar-refractivity contribution in [3.05, 3.63) is 29.6 Å². The Morgan fingerprint density at radius 1 is 1.59 bits per heavy atom. The van der Waals surface area contributed by atoms with Gasteiger partial charge in [-0.05, 0) is 24.3 Å². The highest BCUT2D eigenvalue weighted by atomic mass is 32.2. The van der Waals surface area contributed by atoms with Crippen LogP contribution < -0.4 is 10.6 Å². The molecule has 5 heteroatoms. The summed E-state index contributed by atoms with van der Waals surface area (Å²) in [5, 5.41) is 7.49. The SMILES string of the molecule is CN(c1cccc(F)c1C(=N)N)C1CCSC1. The monoisotopic (exact) mass is 253 g/mol. The van der Waals surface area contributed by atoms with Gasteiger partial charge in [0.25, 0.3) is 0 Å². The molecule has 1 aliphatic heterocycles. The molecule has 1 aliphatic rings. The smallest absolute Gasteiger partial charge is 0.136 e. The molecule has 0 saturated carbocycles. The number of thioether (sulfide) groups is 1. The highest BCUT2D eigenvalue weighted by molar-refractivity contribution is 7.99. The summed E-state index contributed by atoms with van der Waals surface area (Å²) in [6.45, 7) is 0. The molecule has 17 heavy (non-hydrogen) atoms. The molecule has 3 N–H and O–H groups in total. The fourth-order valence-electron chi connectivity index (χ4n) is 2.10. The van der Waals surface area contributed by atoms with Crippen molar-refractivity contribution in [2.45, 2.75) is 12.5 Å². The molecule has 1 unspecified atom stereocenters. The van der Waals surface area contributed by atoms with E-state index in [9.17, 15) is 4.39 Å². The van der Waals surface area contributed by atoms with Crippen LogP contribution in [0.1, 0.15) is 12.0 Å². The second kappa shape index (κ2) is 4.96. The molecular formula is C12H16FN3S. The molecule has 1 aromatic rings. The Labute approximate surface area is 105 Å². The van der Waals surface area contributed by atoms with Gasteiger partial charge in [0.05, 0.1) is 11.3 Å². The van der Waals surface area contributed by atoms with E-state index in [1.165, 1.54) is 6.07 Å². The summed E-state index contributed by atoms with van der Waals surface area (Å²) in [4.78, 5) is 2.04. The van der Waals surface area contributed by atoms with Crippen LogP contribution in [0.15, 0.2) is 18.2 Å². The number of nitrogens with one attached hydrogen (secondary N) is 1. The summed E-state index contributed by atoms with van der Waals surface area (Å²) in [5.74, 6) is 1.55. The van der Waals surface area contributed by atoms with E-state index in [0.717, 1.165) is 17.9 Å². The van der Waals surface area contributed by atoms with Gasteiger partial charge in [0.2, 0.25) is 0 Å². The third-order valence-corrected chi connectivity index (χ3v) is 4.24. The van der Waals surface area contributed by atoms with Gasteiger partial charge >= 0.3 is 0 Å². The summed E-state index contributed by atoms with van der Waals surface area (Å²) < 4.78 is 13.7. The van der Waals surface area contributed by atoms with Gasteiger partial charge < -0.3 is 10.6 Å². The fourth-order valence-corrected chi connectivity index (χ4v) is 3.37. The molecule has 1 aromatic carbocycles. The van der Waals surface area contributed by atoms with E-state index in [4.69, 9.17) is 11.1 Å². The molecular weight excluding hydrogens is 237 g/mol. The highest BCUT2D eigenvalue weighted by Gasteiger charge is 2.23. The van der Waals surface area contributed by atoms with E-state index in [-0.39, 0.29) is 11.4 Å². The zero-order valence-corrected chi connectivity index (χ0v) is 10.6. The number of hydrogen-bond donors (Lipinski definition) is 2. The predicted molar refractivity (Wildman–Crippen MR) is 71.5 cm³/mol. The van der Waals surface area contributed by atoms with E-state index < -0.39 is 5.82 Å². The second-order valence-corrected chi connectivity index (χ2v) is 5.33. The van der Waals surface area contributed by atoms with Crippen LogP contribution in [0.25, 0.3) is 0 Å². The maximum absolute atomic E-state index is 13.7. The van der Waals surface area contributed by atoms with Crippen molar-refractivity contribution in [1.82, 2.24) is 0 Å². The van der Waals surface area contributed by atoms with Crippen molar-refractivity contribution in [3.63, 3.8) is 0 Å². The minimum absolute atomic E-state index is 0.212. The molecule has 0 bridgehead atoms. The van der Waals surface area contributed by atoms with Crippen LogP contribution in [0.5, 0.6) is 0 Å². The molecule has 1 atom stereocenters. The highest BCUT2D eigenvalue weighted by Crippen LogP contribution is 2.29. The van der Waals surface area contributed by atoms with Crippen LogP contribution in [-0.2, 0) is 0 Å². The molecule has 2 rings (SSSR count). The fraction of sp³-hybridized carbons (Fsp3) is 0.417. The topological polar surface area (TPSA) is 53.1 Å². The van der Waals surface area contributed by atoms with Crippen molar-refractivity contribution in [3.8, 4) is 0 Å². The molecule has 1 heterocycles. The molecule has 1 saturated heterocycles. The number of nitrogen functional groups attached to an aromatic ring is 1. The van der Waals surface area contributed by atoms with Gasteiger partial charge in [-0.1, -0.05) is 6.07 Å². The Kier molecular flexibility index (Phi) is 3.57. The van der Waals surface area contributed by atoms with Crippen molar-refractivity contribution in [2.24, 2.45) is 5.73 Å². The largest absolute Gasteiger partial charge is 0.384 e. The van der Waals surface area contributed by atoms with Gasteiger partial charge in [-0.15, -0.1) is 0 Å². The summed E-state index contributed by atoms with van der Waals surface area (Å²) in [6, 6.07) is 5.23. The van der Waals surface area contributed by atoms with Crippen molar-refractivity contribution < 1.29 is 4.39 Å². The molecule has 0 amide bonds. The number of amidine groups is 1. The Morgan fingerprint density at radius 3 is 2.94 bits per heavy atom. The first kappa shape index (κ1) is 12.2. The number of benzene rings is 1. The minimum Gasteiger partial charge on any atom is -0.384 e. The first-order valence-electron chi connectivity index (χ1n) is 5.54. The van der Waals surface area contributed by atoms with Crippen LogP contribution in [0.3, 0.4) is 0 Å². The number of nitrogens with zero attached hydrogens (tertiary/aromatic N) is 1. The maximum Gasteiger partial charge on any atom is 0.136 e. The van der Waals surface area contributed by atoms with Crippen LogP contribution in [-0.4, -0.2) is 30.4 Å². The predicted octanol–water partition coefficient (Wildman–Crippen LogP) is 2.05. The van der Waals surface area contributed by atoms with E-state index in [1.54, 1.807) is 6.07 Å². The molecule has 1 fully saturated rings. The van der Waals surface area contributed by atoms with Gasteiger partial charge in [-0.3, -0.25) is 5.41 Å². The van der Waals surface area contributed by atoms with E-state index in [0.29, 0.717) is 11.7 Å². The average Bonchev–Trinajstić information content (AvgIpc) is 2.80. The number of nitrogens with two attached hydrogens (primary N) is 1. The molecule has 92 valence electrons. The third-order valence-electron chi connectivity index (χ3n) is 3.09. The van der Waals surface area contributed by atoms with Crippen LogP contribution in [0.4, 0.5) is 10.1 Å². The van der Waals surface area contributed by atoms with Gasteiger partial charge in [0.15, 0.2) is 0 Å². The van der Waals surface area contributed by atoms with Crippen LogP contribution >= 0.6 is 11.8 Å². The van der Waals surface area contributed by atoms with Crippen molar-refractivity contribution >= 4 is 23.3 Å². The summed E-state index contributed by atoms with van der Waals surface area (Å²) in [6.07, 6.45) is 1.09. The van der Waals surface area contributed by atoms with Crippen molar-refractivity contribution in [2.75, 3.05) is 23.5 Å². The molecule has 3 nitrogen and oxygen atoms in total. The normalized spacial score (nSPS) is 19.3. The van der Waals surface area contributed by atoms with E-state index in [1.807, 2.05) is 29.8 Å². The standard InChI is InChI=1S/C12H16FN3S/c1-16(8-5-6-17-7-8)10-4-2-3-9(13)11(10)12(14)15/h2-4,8H,5-7H2,1H3,(H3,14,15). The lowest BCUT2D eigenvalue weighted by Crippen LogP contribution is -2.33. The van der Waals surface area contributed by atoms with Gasteiger partial charge in [-0.25, -0.2) is 4.39 Å². The first-order valence-corrected chi connectivity index (χ1v) is 6.70. The Bertz CT molecular complexity index is 430. The average molecular weight is 253 g/mol. The molecule has 0 aliphatic carbocycles. The number of hydrogen-bond acceptors (Lipinski definition) is 3. The number of rotatable bonds is 3. The Morgan fingerprint density at radius 2 is 2.35 bits per heavy atom. The minimum atomic E-state index is -0.424. The third kappa shape index (κ3) is 2.39. The summed E-state index contributed by atoms with van der Waals surface area (Å²) >= 11 is 1.90. The van der Waals surface area contributed by atoms with E-state index >= 15 is 0 Å². The summed E-state index contributed by atoms with van der Waals surface area (Å²) in [7, 11) is 1.94. The number of halogens is 1. The van der Waals surface area contributed by atoms with E-state index in [2.05, 4.69) is 0 Å². The van der Waals surface area contributed by atoms with Gasteiger partial charge in [0, 0.05) is 18.8 Å². The van der Waals surface area contributed by atoms with Crippen molar-refractivity contribution in [1.29, 1.82) is 5.41 Å². The lowest BCUT2D eigenvalue weighted by Gasteiger charge is -2.28. The molecule has 0 aromatic heterocycles. The maximum atomic E-state index is 13.7. The summed E-state index contributed by atoms with van der Waals surface area (Å²) in [5.41, 5.74) is 6.39. The Hall–Kier alpha value is -1.23.